The number of carbonyl (C=O) groups excluding carboxylic acids is 1. The summed E-state index contributed by atoms with van der Waals surface area (Å²) in [5.74, 6) is -0.230. The summed E-state index contributed by atoms with van der Waals surface area (Å²) in [5, 5.41) is 0. The molecule has 0 spiro atoms. The smallest absolute Gasteiger partial charge is 0.344 e. The van der Waals surface area contributed by atoms with Crippen LogP contribution in [0.25, 0.3) is 27.9 Å². The van der Waals surface area contributed by atoms with Gasteiger partial charge in [-0.15, -0.1) is 0 Å². The van der Waals surface area contributed by atoms with Crippen LogP contribution in [0.3, 0.4) is 0 Å². The van der Waals surface area contributed by atoms with Crippen LogP contribution in [0.4, 0.5) is 5.82 Å². The molecule has 142 valence electrons. The number of anilines is 1. The number of benzene rings is 2. The molecule has 0 saturated heterocycles. The van der Waals surface area contributed by atoms with Gasteiger partial charge >= 0.3 is 5.97 Å². The van der Waals surface area contributed by atoms with Crippen LogP contribution in [0.1, 0.15) is 30.6 Å². The van der Waals surface area contributed by atoms with Crippen molar-refractivity contribution in [2.75, 3.05) is 5.73 Å². The lowest BCUT2D eigenvalue weighted by Crippen LogP contribution is -2.15. The summed E-state index contributed by atoms with van der Waals surface area (Å²) in [5.41, 5.74) is 9.85. The van der Waals surface area contributed by atoms with Crippen LogP contribution in [-0.4, -0.2) is 26.6 Å². The molecule has 0 radical (unpaired) electrons. The molecule has 1 unspecified atom stereocenters. The molecule has 0 bridgehead atoms. The van der Waals surface area contributed by atoms with Crippen molar-refractivity contribution >= 4 is 49.9 Å². The summed E-state index contributed by atoms with van der Waals surface area (Å²) in [6, 6.07) is 15.2. The number of fused-ring (bicyclic) bond motifs is 2. The molecule has 0 aliphatic carbocycles. The van der Waals surface area contributed by atoms with E-state index in [2.05, 4.69) is 20.9 Å². The van der Waals surface area contributed by atoms with E-state index in [4.69, 9.17) is 15.5 Å². The first-order valence-electron chi connectivity index (χ1n) is 9.03. The van der Waals surface area contributed by atoms with Gasteiger partial charge in [-0.25, -0.2) is 14.8 Å². The molecule has 2 aromatic heterocycles. The Labute approximate surface area is 170 Å². The van der Waals surface area contributed by atoms with Crippen molar-refractivity contribution < 1.29 is 9.53 Å². The largest absolute Gasteiger partial charge is 0.459 e. The number of hydrogen-bond acceptors (Lipinski definition) is 5. The van der Waals surface area contributed by atoms with Gasteiger partial charge in [-0.05, 0) is 43.7 Å². The number of nitrogens with two attached hydrogens (primary N) is 1. The van der Waals surface area contributed by atoms with Gasteiger partial charge in [-0.2, -0.15) is 0 Å². The van der Waals surface area contributed by atoms with Crippen LogP contribution in [0.5, 0.6) is 0 Å². The van der Waals surface area contributed by atoms with Gasteiger partial charge in [0.25, 0.3) is 0 Å². The molecule has 7 heteroatoms. The summed E-state index contributed by atoms with van der Waals surface area (Å²) in [6.07, 6.45) is 0.495. The molecule has 4 rings (SSSR count). The third kappa shape index (κ3) is 3.11. The molecule has 0 amide bonds. The zero-order chi connectivity index (χ0) is 19.8. The quantitative estimate of drug-likeness (QED) is 0.459. The van der Waals surface area contributed by atoms with Gasteiger partial charge in [-0.3, -0.25) is 4.57 Å². The minimum absolute atomic E-state index is 0.218. The molecule has 0 aliphatic rings. The molecular weight excluding hydrogens is 420 g/mol. The maximum atomic E-state index is 12.9. The number of nitrogens with zero attached hydrogens (tertiary/aromatic N) is 3. The number of halogens is 1. The van der Waals surface area contributed by atoms with Gasteiger partial charge in [0.15, 0.2) is 5.65 Å². The lowest BCUT2D eigenvalue weighted by molar-refractivity contribution is 0.0338. The number of ether oxygens (including phenoxy) is 1. The standard InChI is InChI=1S/C21H19BrN4O2/c1-3-12(2)28-21(27)17-18-20(25-16-10-5-4-9-15(16)24-18)26(19(17)23)14-8-6-7-13(22)11-14/h4-12H,3,23H2,1-2H3. The Morgan fingerprint density at radius 3 is 2.57 bits per heavy atom. The first-order chi connectivity index (χ1) is 13.5. The number of esters is 1. The molecule has 0 fully saturated rings. The van der Waals surface area contributed by atoms with Crippen molar-refractivity contribution in [3.63, 3.8) is 0 Å². The van der Waals surface area contributed by atoms with Gasteiger partial charge in [0.1, 0.15) is 16.9 Å². The summed E-state index contributed by atoms with van der Waals surface area (Å²) in [6.45, 7) is 3.81. The van der Waals surface area contributed by atoms with E-state index in [1.165, 1.54) is 0 Å². The highest BCUT2D eigenvalue weighted by atomic mass is 79.9. The topological polar surface area (TPSA) is 83.0 Å². The minimum Gasteiger partial charge on any atom is -0.459 e. The number of rotatable bonds is 4. The van der Waals surface area contributed by atoms with Crippen molar-refractivity contribution in [3.8, 4) is 5.69 Å². The predicted octanol–water partition coefficient (Wildman–Crippen LogP) is 4.87. The molecule has 28 heavy (non-hydrogen) atoms. The summed E-state index contributed by atoms with van der Waals surface area (Å²) in [4.78, 5) is 22.3. The van der Waals surface area contributed by atoms with Crippen LogP contribution in [-0.2, 0) is 4.74 Å². The maximum absolute atomic E-state index is 12.9. The highest BCUT2D eigenvalue weighted by molar-refractivity contribution is 9.10. The first-order valence-corrected chi connectivity index (χ1v) is 9.82. The number of nitrogen functional groups attached to an aromatic ring is 1. The van der Waals surface area contributed by atoms with E-state index in [0.29, 0.717) is 23.1 Å². The van der Waals surface area contributed by atoms with Crippen LogP contribution >= 0.6 is 15.9 Å². The molecule has 4 aromatic rings. The highest BCUT2D eigenvalue weighted by Crippen LogP contribution is 2.32. The molecule has 1 atom stereocenters. The Morgan fingerprint density at radius 2 is 1.89 bits per heavy atom. The summed E-state index contributed by atoms with van der Waals surface area (Å²) in [7, 11) is 0. The van der Waals surface area contributed by atoms with Crippen molar-refractivity contribution in [1.82, 2.24) is 14.5 Å². The van der Waals surface area contributed by atoms with E-state index < -0.39 is 5.97 Å². The molecule has 2 aromatic carbocycles. The SMILES string of the molecule is CCC(C)OC(=O)c1c(N)n(-c2cccc(Br)c2)c2nc3ccccc3nc12. The number of hydrogen-bond donors (Lipinski definition) is 1. The monoisotopic (exact) mass is 438 g/mol. The van der Waals surface area contributed by atoms with E-state index in [1.54, 1.807) is 4.57 Å². The molecular formula is C21H19BrN4O2. The van der Waals surface area contributed by atoms with Crippen molar-refractivity contribution in [1.29, 1.82) is 0 Å². The third-order valence-electron chi connectivity index (χ3n) is 4.65. The average molecular weight is 439 g/mol. The number of para-hydroxylation sites is 2. The fourth-order valence-electron chi connectivity index (χ4n) is 3.06. The van der Waals surface area contributed by atoms with Gasteiger partial charge in [0, 0.05) is 4.47 Å². The van der Waals surface area contributed by atoms with Gasteiger partial charge < -0.3 is 10.5 Å². The number of carbonyl (C=O) groups is 1. The van der Waals surface area contributed by atoms with E-state index >= 15 is 0 Å². The predicted molar refractivity (Wildman–Crippen MR) is 114 cm³/mol. The van der Waals surface area contributed by atoms with Gasteiger partial charge in [0.05, 0.1) is 22.8 Å². The molecule has 6 nitrogen and oxygen atoms in total. The third-order valence-corrected chi connectivity index (χ3v) is 5.14. The second-order valence-corrected chi connectivity index (χ2v) is 7.50. The van der Waals surface area contributed by atoms with Crippen molar-refractivity contribution in [2.45, 2.75) is 26.4 Å². The van der Waals surface area contributed by atoms with Crippen LogP contribution in [0, 0.1) is 0 Å². The van der Waals surface area contributed by atoms with Gasteiger partial charge in [-0.1, -0.05) is 41.1 Å². The van der Waals surface area contributed by atoms with Gasteiger partial charge in [0.2, 0.25) is 0 Å². The lowest BCUT2D eigenvalue weighted by Gasteiger charge is -2.11. The zero-order valence-electron chi connectivity index (χ0n) is 15.5. The van der Waals surface area contributed by atoms with E-state index in [9.17, 15) is 4.79 Å². The fraction of sp³-hybridized carbons (Fsp3) is 0.190. The van der Waals surface area contributed by atoms with E-state index in [-0.39, 0.29) is 17.5 Å². The average Bonchev–Trinajstić information content (AvgIpc) is 2.96. The second-order valence-electron chi connectivity index (χ2n) is 6.58. The normalized spacial score (nSPS) is 12.4. The minimum atomic E-state index is -0.491. The highest BCUT2D eigenvalue weighted by Gasteiger charge is 2.26. The van der Waals surface area contributed by atoms with Crippen LogP contribution in [0.2, 0.25) is 0 Å². The Balaban J connectivity index is 2.04. The van der Waals surface area contributed by atoms with Crippen LogP contribution < -0.4 is 5.73 Å². The molecule has 0 aliphatic heterocycles. The fourth-order valence-corrected chi connectivity index (χ4v) is 3.45. The summed E-state index contributed by atoms with van der Waals surface area (Å²) < 4.78 is 8.19. The lowest BCUT2D eigenvalue weighted by atomic mass is 10.2. The maximum Gasteiger partial charge on any atom is 0.344 e. The summed E-state index contributed by atoms with van der Waals surface area (Å²) >= 11 is 3.48. The number of aromatic nitrogens is 3. The zero-order valence-corrected chi connectivity index (χ0v) is 17.1. The van der Waals surface area contributed by atoms with Crippen molar-refractivity contribution in [2.24, 2.45) is 0 Å². The van der Waals surface area contributed by atoms with Crippen LogP contribution in [0.15, 0.2) is 53.0 Å². The second kappa shape index (κ2) is 7.24. The first kappa shape index (κ1) is 18.4. The Bertz CT molecular complexity index is 1200. The Hall–Kier alpha value is -2.93. The Kier molecular flexibility index (Phi) is 4.77. The van der Waals surface area contributed by atoms with E-state index in [1.807, 2.05) is 62.4 Å². The van der Waals surface area contributed by atoms with Crippen molar-refractivity contribution in [3.05, 3.63) is 58.6 Å². The molecule has 0 saturated carbocycles. The molecule has 2 heterocycles. The molecule has 2 N–H and O–H groups in total. The van der Waals surface area contributed by atoms with E-state index in [0.717, 1.165) is 15.7 Å². The Morgan fingerprint density at radius 1 is 1.18 bits per heavy atom.